The maximum absolute atomic E-state index is 11.8. The molecule has 1 unspecified atom stereocenters. The molecule has 0 bridgehead atoms. The number of amides is 1. The summed E-state index contributed by atoms with van der Waals surface area (Å²) in [6, 6.07) is 0. The van der Waals surface area contributed by atoms with Crippen molar-refractivity contribution in [3.8, 4) is 0 Å². The van der Waals surface area contributed by atoms with E-state index in [2.05, 4.69) is 31.2 Å². The van der Waals surface area contributed by atoms with E-state index in [1.165, 1.54) is 19.3 Å². The standard InChI is InChI=1S/C14H29N3O/c1-12(7-10-15)5-6-13(18)16-11-14(17(2)3)8-4-9-14/h12H,4-11,15H2,1-3H3,(H,16,18). The highest BCUT2D eigenvalue weighted by Gasteiger charge is 2.38. The Bertz CT molecular complexity index is 262. The average molecular weight is 255 g/mol. The summed E-state index contributed by atoms with van der Waals surface area (Å²) < 4.78 is 0. The van der Waals surface area contributed by atoms with Crippen molar-refractivity contribution in [3.63, 3.8) is 0 Å². The molecule has 0 aromatic carbocycles. The predicted octanol–water partition coefficient (Wildman–Crippen LogP) is 1.35. The van der Waals surface area contributed by atoms with Gasteiger partial charge in [-0.25, -0.2) is 0 Å². The van der Waals surface area contributed by atoms with Crippen molar-refractivity contribution >= 4 is 5.91 Å². The fourth-order valence-electron chi connectivity index (χ4n) is 2.52. The van der Waals surface area contributed by atoms with Gasteiger partial charge in [0.25, 0.3) is 0 Å². The fraction of sp³-hybridized carbons (Fsp3) is 0.929. The molecule has 0 saturated heterocycles. The second-order valence-corrected chi connectivity index (χ2v) is 5.97. The first kappa shape index (κ1) is 15.4. The van der Waals surface area contributed by atoms with E-state index in [1.807, 2.05) is 0 Å². The summed E-state index contributed by atoms with van der Waals surface area (Å²) in [7, 11) is 4.21. The smallest absolute Gasteiger partial charge is 0.220 e. The molecule has 1 fully saturated rings. The first-order valence-corrected chi connectivity index (χ1v) is 7.14. The van der Waals surface area contributed by atoms with Crippen LogP contribution in [0.3, 0.4) is 0 Å². The number of nitrogens with zero attached hydrogens (tertiary/aromatic N) is 1. The number of hydrogen-bond donors (Lipinski definition) is 2. The molecule has 0 heterocycles. The Morgan fingerprint density at radius 2 is 2.06 bits per heavy atom. The first-order valence-electron chi connectivity index (χ1n) is 7.14. The van der Waals surface area contributed by atoms with E-state index in [-0.39, 0.29) is 11.4 Å². The minimum absolute atomic E-state index is 0.187. The molecular weight excluding hydrogens is 226 g/mol. The maximum Gasteiger partial charge on any atom is 0.220 e. The maximum atomic E-state index is 11.8. The van der Waals surface area contributed by atoms with Gasteiger partial charge >= 0.3 is 0 Å². The number of carbonyl (C=O) groups excluding carboxylic acids is 1. The summed E-state index contributed by atoms with van der Waals surface area (Å²) in [5.74, 6) is 0.735. The van der Waals surface area contributed by atoms with Crippen molar-refractivity contribution in [3.05, 3.63) is 0 Å². The lowest BCUT2D eigenvalue weighted by Crippen LogP contribution is -2.57. The summed E-state index contributed by atoms with van der Waals surface area (Å²) in [4.78, 5) is 14.1. The molecule has 1 saturated carbocycles. The van der Waals surface area contributed by atoms with Gasteiger partial charge in [0, 0.05) is 18.5 Å². The molecule has 4 nitrogen and oxygen atoms in total. The SMILES string of the molecule is CC(CCN)CCC(=O)NCC1(N(C)C)CCC1. The third kappa shape index (κ3) is 4.25. The lowest BCUT2D eigenvalue weighted by atomic mass is 9.75. The van der Waals surface area contributed by atoms with E-state index in [1.54, 1.807) is 0 Å². The molecule has 1 rings (SSSR count). The molecule has 3 N–H and O–H groups in total. The molecule has 1 amide bonds. The summed E-state index contributed by atoms with van der Waals surface area (Å²) in [5, 5.41) is 3.09. The van der Waals surface area contributed by atoms with Crippen LogP contribution in [-0.4, -0.2) is 43.5 Å². The quantitative estimate of drug-likeness (QED) is 0.688. The minimum atomic E-state index is 0.187. The van der Waals surface area contributed by atoms with Crippen LogP contribution in [0.5, 0.6) is 0 Å². The predicted molar refractivity (Wildman–Crippen MR) is 75.3 cm³/mol. The van der Waals surface area contributed by atoms with Gasteiger partial charge in [0.1, 0.15) is 0 Å². The lowest BCUT2D eigenvalue weighted by Gasteiger charge is -2.47. The summed E-state index contributed by atoms with van der Waals surface area (Å²) in [5.41, 5.74) is 5.73. The van der Waals surface area contributed by atoms with Gasteiger partial charge < -0.3 is 16.0 Å². The zero-order valence-electron chi connectivity index (χ0n) is 12.2. The van der Waals surface area contributed by atoms with Gasteiger partial charge in [-0.2, -0.15) is 0 Å². The van der Waals surface area contributed by atoms with Crippen LogP contribution in [0.4, 0.5) is 0 Å². The Morgan fingerprint density at radius 3 is 2.50 bits per heavy atom. The third-order valence-electron chi connectivity index (χ3n) is 4.37. The Balaban J connectivity index is 2.20. The summed E-state index contributed by atoms with van der Waals surface area (Å²) in [6.07, 6.45) is 6.26. The zero-order chi connectivity index (χ0) is 13.6. The first-order chi connectivity index (χ1) is 8.50. The van der Waals surface area contributed by atoms with Crippen LogP contribution in [0, 0.1) is 5.92 Å². The number of hydrogen-bond acceptors (Lipinski definition) is 3. The van der Waals surface area contributed by atoms with Gasteiger partial charge in [-0.1, -0.05) is 6.92 Å². The van der Waals surface area contributed by atoms with E-state index in [4.69, 9.17) is 5.73 Å². The van der Waals surface area contributed by atoms with E-state index in [9.17, 15) is 4.79 Å². The van der Waals surface area contributed by atoms with Gasteiger partial charge in [0.15, 0.2) is 0 Å². The molecule has 18 heavy (non-hydrogen) atoms. The lowest BCUT2D eigenvalue weighted by molar-refractivity contribution is -0.122. The van der Waals surface area contributed by atoms with Crippen LogP contribution in [-0.2, 0) is 4.79 Å². The Morgan fingerprint density at radius 1 is 1.39 bits per heavy atom. The van der Waals surface area contributed by atoms with E-state index < -0.39 is 0 Å². The zero-order valence-corrected chi connectivity index (χ0v) is 12.2. The third-order valence-corrected chi connectivity index (χ3v) is 4.37. The second-order valence-electron chi connectivity index (χ2n) is 5.97. The van der Waals surface area contributed by atoms with E-state index in [0.717, 1.165) is 19.4 Å². The fourth-order valence-corrected chi connectivity index (χ4v) is 2.52. The topological polar surface area (TPSA) is 58.4 Å². The molecule has 0 aromatic heterocycles. The number of carbonyl (C=O) groups is 1. The molecule has 0 aliphatic heterocycles. The molecule has 1 aliphatic rings. The Hall–Kier alpha value is -0.610. The number of nitrogens with one attached hydrogen (secondary N) is 1. The monoisotopic (exact) mass is 255 g/mol. The normalized spacial score (nSPS) is 19.4. The van der Waals surface area contributed by atoms with E-state index in [0.29, 0.717) is 18.9 Å². The van der Waals surface area contributed by atoms with Gasteiger partial charge in [0.2, 0.25) is 5.91 Å². The molecular formula is C14H29N3O. The van der Waals surface area contributed by atoms with Crippen molar-refractivity contribution in [2.45, 2.75) is 51.0 Å². The highest BCUT2D eigenvalue weighted by atomic mass is 16.1. The van der Waals surface area contributed by atoms with Crippen LogP contribution < -0.4 is 11.1 Å². The largest absolute Gasteiger partial charge is 0.354 e. The molecule has 0 spiro atoms. The molecule has 4 heteroatoms. The molecule has 106 valence electrons. The van der Waals surface area contributed by atoms with Crippen LogP contribution in [0.1, 0.15) is 45.4 Å². The highest BCUT2D eigenvalue weighted by Crippen LogP contribution is 2.35. The minimum Gasteiger partial charge on any atom is -0.354 e. The molecule has 1 atom stereocenters. The van der Waals surface area contributed by atoms with Gasteiger partial charge in [0.05, 0.1) is 0 Å². The van der Waals surface area contributed by atoms with Crippen molar-refractivity contribution in [2.24, 2.45) is 11.7 Å². The van der Waals surface area contributed by atoms with Crippen molar-refractivity contribution in [1.29, 1.82) is 0 Å². The van der Waals surface area contributed by atoms with E-state index >= 15 is 0 Å². The van der Waals surface area contributed by atoms with Crippen molar-refractivity contribution < 1.29 is 4.79 Å². The summed E-state index contributed by atoms with van der Waals surface area (Å²) in [6.45, 7) is 3.67. The molecule has 0 radical (unpaired) electrons. The van der Waals surface area contributed by atoms with Crippen LogP contribution in [0.15, 0.2) is 0 Å². The molecule has 0 aromatic rings. The van der Waals surface area contributed by atoms with Gasteiger partial charge in [-0.05, 0) is 58.7 Å². The average Bonchev–Trinajstić information content (AvgIpc) is 2.24. The highest BCUT2D eigenvalue weighted by molar-refractivity contribution is 5.75. The van der Waals surface area contributed by atoms with Crippen LogP contribution in [0.25, 0.3) is 0 Å². The second kappa shape index (κ2) is 7.10. The van der Waals surface area contributed by atoms with Gasteiger partial charge in [-0.15, -0.1) is 0 Å². The van der Waals surface area contributed by atoms with Crippen LogP contribution in [0.2, 0.25) is 0 Å². The number of likely N-dealkylation sites (N-methyl/N-ethyl adjacent to an activating group) is 1. The Labute approximate surface area is 111 Å². The van der Waals surface area contributed by atoms with Crippen LogP contribution >= 0.6 is 0 Å². The summed E-state index contributed by atoms with van der Waals surface area (Å²) >= 11 is 0. The number of nitrogens with two attached hydrogens (primary N) is 1. The Kier molecular flexibility index (Phi) is 6.09. The number of rotatable bonds is 8. The van der Waals surface area contributed by atoms with Crippen molar-refractivity contribution in [2.75, 3.05) is 27.2 Å². The molecule has 1 aliphatic carbocycles. The van der Waals surface area contributed by atoms with Crippen molar-refractivity contribution in [1.82, 2.24) is 10.2 Å². The van der Waals surface area contributed by atoms with Gasteiger partial charge in [-0.3, -0.25) is 4.79 Å².